The van der Waals surface area contributed by atoms with Crippen LogP contribution in [-0.4, -0.2) is 38.1 Å². The van der Waals surface area contributed by atoms with Crippen molar-refractivity contribution in [2.24, 2.45) is 11.8 Å². The zero-order valence-electron chi connectivity index (χ0n) is 11.5. The number of likely N-dealkylation sites (tertiary alicyclic amines) is 1. The molecule has 2 nitrogen and oxygen atoms in total. The molecule has 1 aliphatic heterocycles. The molecule has 1 N–H and O–H groups in total. The Balaban J connectivity index is 2.11. The topological polar surface area (TPSA) is 15.3 Å². The van der Waals surface area contributed by atoms with Crippen LogP contribution >= 0.6 is 0 Å². The SMILES string of the molecule is CCCC(C)CN1CCC(CCNC)CC1. The van der Waals surface area contributed by atoms with Crippen LogP contribution in [0.3, 0.4) is 0 Å². The highest BCUT2D eigenvalue weighted by atomic mass is 15.1. The van der Waals surface area contributed by atoms with Crippen molar-refractivity contribution in [3.63, 3.8) is 0 Å². The fourth-order valence-corrected chi connectivity index (χ4v) is 2.83. The summed E-state index contributed by atoms with van der Waals surface area (Å²) in [6.45, 7) is 9.88. The van der Waals surface area contributed by atoms with Crippen LogP contribution in [0.5, 0.6) is 0 Å². The van der Waals surface area contributed by atoms with Crippen molar-refractivity contribution < 1.29 is 0 Å². The van der Waals surface area contributed by atoms with Gasteiger partial charge in [-0.1, -0.05) is 20.3 Å². The molecule has 1 aliphatic rings. The summed E-state index contributed by atoms with van der Waals surface area (Å²) < 4.78 is 0. The van der Waals surface area contributed by atoms with Gasteiger partial charge < -0.3 is 10.2 Å². The van der Waals surface area contributed by atoms with Gasteiger partial charge in [0.15, 0.2) is 0 Å². The second-order valence-electron chi connectivity index (χ2n) is 5.53. The van der Waals surface area contributed by atoms with Gasteiger partial charge in [0.1, 0.15) is 0 Å². The Bertz CT molecular complexity index is 162. The lowest BCUT2D eigenvalue weighted by Gasteiger charge is -2.33. The molecule has 16 heavy (non-hydrogen) atoms. The summed E-state index contributed by atoms with van der Waals surface area (Å²) in [6, 6.07) is 0. The molecule has 1 heterocycles. The van der Waals surface area contributed by atoms with E-state index in [1.165, 1.54) is 58.3 Å². The van der Waals surface area contributed by atoms with Gasteiger partial charge in [0, 0.05) is 6.54 Å². The lowest BCUT2D eigenvalue weighted by atomic mass is 9.92. The molecule has 0 aromatic rings. The highest BCUT2D eigenvalue weighted by Crippen LogP contribution is 2.21. The van der Waals surface area contributed by atoms with Gasteiger partial charge in [-0.2, -0.15) is 0 Å². The van der Waals surface area contributed by atoms with E-state index < -0.39 is 0 Å². The largest absolute Gasteiger partial charge is 0.320 e. The summed E-state index contributed by atoms with van der Waals surface area (Å²) in [5.41, 5.74) is 0. The van der Waals surface area contributed by atoms with Crippen molar-refractivity contribution in [2.75, 3.05) is 33.2 Å². The first-order valence-electron chi connectivity index (χ1n) is 7.13. The van der Waals surface area contributed by atoms with Crippen molar-refractivity contribution in [2.45, 2.75) is 46.0 Å². The summed E-state index contributed by atoms with van der Waals surface area (Å²) in [5.74, 6) is 1.86. The molecule has 0 bridgehead atoms. The number of piperidine rings is 1. The number of rotatable bonds is 7. The van der Waals surface area contributed by atoms with Crippen LogP contribution < -0.4 is 5.32 Å². The third-order valence-electron chi connectivity index (χ3n) is 3.86. The molecule has 96 valence electrons. The van der Waals surface area contributed by atoms with E-state index in [-0.39, 0.29) is 0 Å². The molecule has 1 rings (SSSR count). The fourth-order valence-electron chi connectivity index (χ4n) is 2.83. The molecule has 1 fully saturated rings. The van der Waals surface area contributed by atoms with E-state index in [1.54, 1.807) is 0 Å². The Morgan fingerprint density at radius 1 is 1.31 bits per heavy atom. The maximum absolute atomic E-state index is 3.26. The number of hydrogen-bond donors (Lipinski definition) is 1. The summed E-state index contributed by atoms with van der Waals surface area (Å²) in [7, 11) is 2.06. The smallest absolute Gasteiger partial charge is 0.000702 e. The first kappa shape index (κ1) is 14.0. The van der Waals surface area contributed by atoms with E-state index in [0.717, 1.165) is 11.8 Å². The van der Waals surface area contributed by atoms with E-state index in [4.69, 9.17) is 0 Å². The van der Waals surface area contributed by atoms with Gasteiger partial charge in [0.25, 0.3) is 0 Å². The molecule has 1 saturated heterocycles. The normalized spacial score (nSPS) is 21.2. The molecule has 1 unspecified atom stereocenters. The van der Waals surface area contributed by atoms with Crippen LogP contribution in [0.15, 0.2) is 0 Å². The minimum absolute atomic E-state index is 0.888. The maximum atomic E-state index is 3.26. The number of nitrogens with zero attached hydrogens (tertiary/aromatic N) is 1. The predicted octanol–water partition coefficient (Wildman–Crippen LogP) is 2.74. The molecular weight excluding hydrogens is 196 g/mol. The van der Waals surface area contributed by atoms with E-state index >= 15 is 0 Å². The summed E-state index contributed by atoms with van der Waals surface area (Å²) in [6.07, 6.45) is 6.93. The van der Waals surface area contributed by atoms with Crippen molar-refractivity contribution in [3.8, 4) is 0 Å². The van der Waals surface area contributed by atoms with Crippen molar-refractivity contribution in [3.05, 3.63) is 0 Å². The highest BCUT2D eigenvalue weighted by Gasteiger charge is 2.19. The lowest BCUT2D eigenvalue weighted by molar-refractivity contribution is 0.157. The van der Waals surface area contributed by atoms with Crippen LogP contribution in [0.4, 0.5) is 0 Å². The number of nitrogens with one attached hydrogen (secondary N) is 1. The molecular formula is C14H30N2. The average molecular weight is 226 g/mol. The molecule has 1 atom stereocenters. The highest BCUT2D eigenvalue weighted by molar-refractivity contribution is 4.74. The van der Waals surface area contributed by atoms with Crippen LogP contribution in [0, 0.1) is 11.8 Å². The summed E-state index contributed by atoms with van der Waals surface area (Å²) in [5, 5.41) is 3.26. The van der Waals surface area contributed by atoms with Crippen LogP contribution in [0.25, 0.3) is 0 Å². The van der Waals surface area contributed by atoms with Crippen molar-refractivity contribution in [1.82, 2.24) is 10.2 Å². The van der Waals surface area contributed by atoms with E-state index in [2.05, 4.69) is 31.1 Å². The Morgan fingerprint density at radius 3 is 2.56 bits per heavy atom. The minimum atomic E-state index is 0.888. The second kappa shape index (κ2) is 8.08. The van der Waals surface area contributed by atoms with Gasteiger partial charge in [-0.3, -0.25) is 0 Å². The van der Waals surface area contributed by atoms with Gasteiger partial charge in [0.2, 0.25) is 0 Å². The predicted molar refractivity (Wildman–Crippen MR) is 71.8 cm³/mol. The lowest BCUT2D eigenvalue weighted by Crippen LogP contribution is -2.37. The van der Waals surface area contributed by atoms with Gasteiger partial charge in [-0.25, -0.2) is 0 Å². The number of hydrogen-bond acceptors (Lipinski definition) is 2. The van der Waals surface area contributed by atoms with Crippen molar-refractivity contribution >= 4 is 0 Å². The average Bonchev–Trinajstić information content (AvgIpc) is 2.28. The Kier molecular flexibility index (Phi) is 7.06. The summed E-state index contributed by atoms with van der Waals surface area (Å²) >= 11 is 0. The third-order valence-corrected chi connectivity index (χ3v) is 3.86. The summed E-state index contributed by atoms with van der Waals surface area (Å²) in [4.78, 5) is 2.68. The zero-order valence-corrected chi connectivity index (χ0v) is 11.5. The fraction of sp³-hybridized carbons (Fsp3) is 1.00. The molecule has 0 amide bonds. The Labute approximate surface area is 102 Å². The molecule has 0 saturated carbocycles. The first-order chi connectivity index (χ1) is 7.76. The molecule has 0 aliphatic carbocycles. The maximum Gasteiger partial charge on any atom is 0.000702 e. The Morgan fingerprint density at radius 2 is 2.00 bits per heavy atom. The minimum Gasteiger partial charge on any atom is -0.320 e. The van der Waals surface area contributed by atoms with Crippen LogP contribution in [0.2, 0.25) is 0 Å². The molecule has 2 heteroatoms. The Hall–Kier alpha value is -0.0800. The standard InChI is InChI=1S/C14H30N2/c1-4-5-13(2)12-16-10-7-14(8-11-16)6-9-15-3/h13-15H,4-12H2,1-3H3. The van der Waals surface area contributed by atoms with Gasteiger partial charge in [0.05, 0.1) is 0 Å². The first-order valence-corrected chi connectivity index (χ1v) is 7.13. The molecule has 0 spiro atoms. The monoisotopic (exact) mass is 226 g/mol. The third kappa shape index (κ3) is 5.31. The zero-order chi connectivity index (χ0) is 11.8. The van der Waals surface area contributed by atoms with Gasteiger partial charge in [-0.15, -0.1) is 0 Å². The molecule has 0 aromatic carbocycles. The van der Waals surface area contributed by atoms with Gasteiger partial charge >= 0.3 is 0 Å². The van der Waals surface area contributed by atoms with Crippen LogP contribution in [-0.2, 0) is 0 Å². The van der Waals surface area contributed by atoms with E-state index in [0.29, 0.717) is 0 Å². The molecule has 0 radical (unpaired) electrons. The van der Waals surface area contributed by atoms with E-state index in [9.17, 15) is 0 Å². The molecule has 0 aromatic heterocycles. The van der Waals surface area contributed by atoms with E-state index in [1.807, 2.05) is 0 Å². The second-order valence-corrected chi connectivity index (χ2v) is 5.53. The van der Waals surface area contributed by atoms with Crippen molar-refractivity contribution in [1.29, 1.82) is 0 Å². The van der Waals surface area contributed by atoms with Gasteiger partial charge in [-0.05, 0) is 64.2 Å². The quantitative estimate of drug-likeness (QED) is 0.718. The van der Waals surface area contributed by atoms with Crippen LogP contribution in [0.1, 0.15) is 46.0 Å².